The fourth-order valence-corrected chi connectivity index (χ4v) is 4.00. The summed E-state index contributed by atoms with van der Waals surface area (Å²) >= 11 is 0. The van der Waals surface area contributed by atoms with Crippen LogP contribution in [0.15, 0.2) is 66.7 Å². The van der Waals surface area contributed by atoms with E-state index < -0.39 is 0 Å². The zero-order valence-electron chi connectivity index (χ0n) is 18.6. The number of nitrogens with zero attached hydrogens (tertiary/aromatic N) is 1. The minimum absolute atomic E-state index is 0.104. The number of rotatable bonds is 7. The molecule has 32 heavy (non-hydrogen) atoms. The molecular formula is C27H28N2O3. The van der Waals surface area contributed by atoms with Gasteiger partial charge in [-0.3, -0.25) is 9.59 Å². The number of benzene rings is 3. The lowest BCUT2D eigenvalue weighted by Gasteiger charge is -2.16. The van der Waals surface area contributed by atoms with Crippen molar-refractivity contribution in [2.24, 2.45) is 0 Å². The third kappa shape index (κ3) is 4.67. The van der Waals surface area contributed by atoms with Crippen molar-refractivity contribution in [3.63, 3.8) is 0 Å². The van der Waals surface area contributed by atoms with Gasteiger partial charge in [-0.05, 0) is 72.0 Å². The molecule has 4 rings (SSSR count). The SMILES string of the molecule is CCOc1ccc(CNC(=O)c2ccc(-c3ccc4c(c3)CCN4C(=O)CC)cc2)cc1. The second kappa shape index (κ2) is 9.69. The maximum atomic E-state index is 12.5. The Morgan fingerprint density at radius 2 is 1.66 bits per heavy atom. The van der Waals surface area contributed by atoms with Gasteiger partial charge in [0.05, 0.1) is 6.61 Å². The van der Waals surface area contributed by atoms with E-state index in [1.54, 1.807) is 0 Å². The summed E-state index contributed by atoms with van der Waals surface area (Å²) in [6, 6.07) is 21.6. The molecule has 2 amide bonds. The molecule has 0 fully saturated rings. The lowest BCUT2D eigenvalue weighted by atomic mass is 10.0. The number of ether oxygens (including phenoxy) is 1. The van der Waals surface area contributed by atoms with Gasteiger partial charge in [0.15, 0.2) is 0 Å². The Morgan fingerprint density at radius 1 is 0.938 bits per heavy atom. The van der Waals surface area contributed by atoms with Gasteiger partial charge in [-0.2, -0.15) is 0 Å². The van der Waals surface area contributed by atoms with Crippen LogP contribution in [0.1, 0.15) is 41.8 Å². The fraction of sp³-hybridized carbons (Fsp3) is 0.259. The van der Waals surface area contributed by atoms with Gasteiger partial charge in [-0.25, -0.2) is 0 Å². The van der Waals surface area contributed by atoms with Gasteiger partial charge in [-0.15, -0.1) is 0 Å². The predicted octanol–water partition coefficient (Wildman–Crippen LogP) is 4.98. The van der Waals surface area contributed by atoms with E-state index in [1.165, 1.54) is 5.56 Å². The Hall–Kier alpha value is -3.60. The zero-order chi connectivity index (χ0) is 22.5. The summed E-state index contributed by atoms with van der Waals surface area (Å²) in [5, 5.41) is 2.96. The van der Waals surface area contributed by atoms with E-state index in [0.29, 0.717) is 25.1 Å². The monoisotopic (exact) mass is 428 g/mol. The van der Waals surface area contributed by atoms with Crippen LogP contribution in [-0.4, -0.2) is 25.0 Å². The molecule has 0 aromatic heterocycles. The number of carbonyl (C=O) groups is 2. The molecule has 0 saturated heterocycles. The van der Waals surface area contributed by atoms with Crippen LogP contribution in [0.2, 0.25) is 0 Å². The van der Waals surface area contributed by atoms with E-state index >= 15 is 0 Å². The Balaban J connectivity index is 1.40. The molecule has 5 heteroatoms. The number of carbonyl (C=O) groups excluding carboxylic acids is 2. The van der Waals surface area contributed by atoms with E-state index in [9.17, 15) is 9.59 Å². The molecule has 0 bridgehead atoms. The van der Waals surface area contributed by atoms with Crippen LogP contribution >= 0.6 is 0 Å². The quantitative estimate of drug-likeness (QED) is 0.577. The highest BCUT2D eigenvalue weighted by Gasteiger charge is 2.23. The number of anilines is 1. The summed E-state index contributed by atoms with van der Waals surface area (Å²) in [5.41, 5.74) is 6.01. The van der Waals surface area contributed by atoms with Crippen LogP contribution in [0.4, 0.5) is 5.69 Å². The summed E-state index contributed by atoms with van der Waals surface area (Å²) < 4.78 is 5.44. The van der Waals surface area contributed by atoms with Crippen molar-refractivity contribution >= 4 is 17.5 Å². The molecule has 1 heterocycles. The summed E-state index contributed by atoms with van der Waals surface area (Å²) in [4.78, 5) is 26.5. The van der Waals surface area contributed by atoms with E-state index in [-0.39, 0.29) is 11.8 Å². The van der Waals surface area contributed by atoms with Gasteiger partial charge in [0.25, 0.3) is 5.91 Å². The van der Waals surface area contributed by atoms with Crippen molar-refractivity contribution in [2.75, 3.05) is 18.1 Å². The summed E-state index contributed by atoms with van der Waals surface area (Å²) in [6.45, 7) is 5.69. The molecule has 0 radical (unpaired) electrons. The van der Waals surface area contributed by atoms with Crippen LogP contribution < -0.4 is 15.0 Å². The molecule has 1 N–H and O–H groups in total. The molecule has 164 valence electrons. The molecule has 0 unspecified atom stereocenters. The standard InChI is InChI=1S/C27H28N2O3/c1-3-26(30)29-16-15-23-17-22(11-14-25(23)29)20-7-9-21(10-8-20)27(31)28-18-19-5-12-24(13-6-19)32-4-2/h5-14,17H,3-4,15-16,18H2,1-2H3,(H,28,31). The maximum absolute atomic E-state index is 12.5. The second-order valence-electron chi connectivity index (χ2n) is 7.83. The van der Waals surface area contributed by atoms with Crippen molar-refractivity contribution in [1.29, 1.82) is 0 Å². The predicted molar refractivity (Wildman–Crippen MR) is 127 cm³/mol. The molecule has 0 atom stereocenters. The average molecular weight is 429 g/mol. The highest BCUT2D eigenvalue weighted by molar-refractivity contribution is 5.96. The Labute approximate surface area is 189 Å². The smallest absolute Gasteiger partial charge is 0.251 e. The first-order valence-corrected chi connectivity index (χ1v) is 11.1. The van der Waals surface area contributed by atoms with Crippen molar-refractivity contribution in [3.8, 4) is 16.9 Å². The first kappa shape index (κ1) is 21.6. The number of amides is 2. The first-order chi connectivity index (χ1) is 15.6. The van der Waals surface area contributed by atoms with E-state index in [2.05, 4.69) is 11.4 Å². The third-order valence-corrected chi connectivity index (χ3v) is 5.75. The lowest BCUT2D eigenvalue weighted by molar-refractivity contribution is -0.118. The highest BCUT2D eigenvalue weighted by atomic mass is 16.5. The normalized spacial score (nSPS) is 12.4. The lowest BCUT2D eigenvalue weighted by Crippen LogP contribution is -2.27. The summed E-state index contributed by atoms with van der Waals surface area (Å²) in [7, 11) is 0. The third-order valence-electron chi connectivity index (χ3n) is 5.75. The maximum Gasteiger partial charge on any atom is 0.251 e. The van der Waals surface area contributed by atoms with Gasteiger partial charge in [0, 0.05) is 30.8 Å². The molecule has 0 aliphatic carbocycles. The van der Waals surface area contributed by atoms with Crippen molar-refractivity contribution in [1.82, 2.24) is 5.32 Å². The Morgan fingerprint density at radius 3 is 2.34 bits per heavy atom. The minimum Gasteiger partial charge on any atom is -0.494 e. The number of hydrogen-bond donors (Lipinski definition) is 1. The van der Waals surface area contributed by atoms with Crippen molar-refractivity contribution < 1.29 is 14.3 Å². The molecule has 0 saturated carbocycles. The van der Waals surface area contributed by atoms with Crippen molar-refractivity contribution in [2.45, 2.75) is 33.2 Å². The van der Waals surface area contributed by atoms with E-state index in [4.69, 9.17) is 4.74 Å². The number of hydrogen-bond acceptors (Lipinski definition) is 3. The second-order valence-corrected chi connectivity index (χ2v) is 7.83. The molecule has 0 spiro atoms. The first-order valence-electron chi connectivity index (χ1n) is 11.1. The average Bonchev–Trinajstić information content (AvgIpc) is 3.26. The minimum atomic E-state index is -0.104. The molecule has 5 nitrogen and oxygen atoms in total. The van der Waals surface area contributed by atoms with Gasteiger partial charge in [-0.1, -0.05) is 37.3 Å². The van der Waals surface area contributed by atoms with Crippen molar-refractivity contribution in [3.05, 3.63) is 83.4 Å². The summed E-state index contributed by atoms with van der Waals surface area (Å²) in [5.74, 6) is 0.889. The molecule has 3 aromatic rings. The summed E-state index contributed by atoms with van der Waals surface area (Å²) in [6.07, 6.45) is 1.39. The van der Waals surface area contributed by atoms with Gasteiger partial charge in [0.1, 0.15) is 5.75 Å². The number of fused-ring (bicyclic) bond motifs is 1. The largest absolute Gasteiger partial charge is 0.494 e. The zero-order valence-corrected chi connectivity index (χ0v) is 18.6. The van der Waals surface area contributed by atoms with Gasteiger partial charge >= 0.3 is 0 Å². The Bertz CT molecular complexity index is 1100. The van der Waals surface area contributed by atoms with Crippen LogP contribution in [0.5, 0.6) is 5.75 Å². The van der Waals surface area contributed by atoms with E-state index in [1.807, 2.05) is 79.4 Å². The molecule has 1 aliphatic rings. The highest BCUT2D eigenvalue weighted by Crippen LogP contribution is 2.32. The fourth-order valence-electron chi connectivity index (χ4n) is 4.00. The topological polar surface area (TPSA) is 58.6 Å². The molecule has 1 aliphatic heterocycles. The Kier molecular flexibility index (Phi) is 6.55. The van der Waals surface area contributed by atoms with Crippen LogP contribution in [0.3, 0.4) is 0 Å². The van der Waals surface area contributed by atoms with Crippen LogP contribution in [0.25, 0.3) is 11.1 Å². The van der Waals surface area contributed by atoms with Gasteiger partial charge in [0.2, 0.25) is 5.91 Å². The number of nitrogens with one attached hydrogen (secondary N) is 1. The van der Waals surface area contributed by atoms with Gasteiger partial charge < -0.3 is 15.0 Å². The van der Waals surface area contributed by atoms with E-state index in [0.717, 1.165) is 41.1 Å². The molecule has 3 aromatic carbocycles. The molecular weight excluding hydrogens is 400 g/mol. The van der Waals surface area contributed by atoms with Crippen LogP contribution in [0, 0.1) is 0 Å². The van der Waals surface area contributed by atoms with Crippen LogP contribution in [-0.2, 0) is 17.8 Å².